The monoisotopic (exact) mass is 430 g/mol. The van der Waals surface area contributed by atoms with Gasteiger partial charge in [0.15, 0.2) is 12.4 Å². The fourth-order valence-electron chi connectivity index (χ4n) is 3.20. The zero-order valence-electron chi connectivity index (χ0n) is 17.8. The largest absolute Gasteiger partial charge is 0.481 e. The summed E-state index contributed by atoms with van der Waals surface area (Å²) in [4.78, 5) is 28.9. The lowest BCUT2D eigenvalue weighted by Gasteiger charge is -2.13. The van der Waals surface area contributed by atoms with E-state index < -0.39 is 5.97 Å². The Morgan fingerprint density at radius 3 is 2.59 bits per heavy atom. The number of furan rings is 1. The van der Waals surface area contributed by atoms with E-state index in [0.717, 1.165) is 11.1 Å². The van der Waals surface area contributed by atoms with Gasteiger partial charge in [-0.05, 0) is 44.2 Å². The Kier molecular flexibility index (Phi) is 6.17. The SMILES string of the molecule is CCOC(=O)COc1cc(-c2ccc(C)cc2)nc2ccc(NC(=O)c3ccco3)cc12. The van der Waals surface area contributed by atoms with Crippen LogP contribution in [0.25, 0.3) is 22.2 Å². The Balaban J connectivity index is 1.71. The third-order valence-electron chi connectivity index (χ3n) is 4.77. The fourth-order valence-corrected chi connectivity index (χ4v) is 3.20. The van der Waals surface area contributed by atoms with Crippen LogP contribution in [0.5, 0.6) is 5.75 Å². The van der Waals surface area contributed by atoms with Crippen LogP contribution in [0.1, 0.15) is 23.0 Å². The second kappa shape index (κ2) is 9.34. The first-order chi connectivity index (χ1) is 15.5. The van der Waals surface area contributed by atoms with Crippen molar-refractivity contribution in [2.45, 2.75) is 13.8 Å². The van der Waals surface area contributed by atoms with Gasteiger partial charge in [0.1, 0.15) is 5.75 Å². The first-order valence-electron chi connectivity index (χ1n) is 10.2. The normalized spacial score (nSPS) is 10.7. The maximum atomic E-state index is 12.3. The van der Waals surface area contributed by atoms with E-state index in [1.54, 1.807) is 43.3 Å². The summed E-state index contributed by atoms with van der Waals surface area (Å²) >= 11 is 0. The van der Waals surface area contributed by atoms with Gasteiger partial charge in [0.2, 0.25) is 0 Å². The number of amides is 1. The number of anilines is 1. The van der Waals surface area contributed by atoms with Crippen LogP contribution in [0.2, 0.25) is 0 Å². The van der Waals surface area contributed by atoms with Crippen molar-refractivity contribution in [3.05, 3.63) is 78.3 Å². The maximum absolute atomic E-state index is 12.3. The molecule has 162 valence electrons. The van der Waals surface area contributed by atoms with Crippen molar-refractivity contribution in [2.24, 2.45) is 0 Å². The zero-order valence-corrected chi connectivity index (χ0v) is 17.8. The molecule has 7 heteroatoms. The lowest BCUT2D eigenvalue weighted by molar-refractivity contribution is -0.145. The molecule has 0 spiro atoms. The molecule has 0 aliphatic rings. The Morgan fingerprint density at radius 2 is 1.88 bits per heavy atom. The van der Waals surface area contributed by atoms with E-state index in [0.29, 0.717) is 28.0 Å². The van der Waals surface area contributed by atoms with E-state index in [1.807, 2.05) is 31.2 Å². The van der Waals surface area contributed by atoms with Crippen LogP contribution in [0.3, 0.4) is 0 Å². The molecule has 7 nitrogen and oxygen atoms in total. The standard InChI is InChI=1S/C25H22N2O5/c1-3-30-24(28)15-32-23-14-21(17-8-6-16(2)7-9-17)27-20-11-10-18(13-19(20)23)26-25(29)22-5-4-12-31-22/h4-14H,3,15H2,1-2H3,(H,26,29). The van der Waals surface area contributed by atoms with Crippen molar-refractivity contribution in [1.29, 1.82) is 0 Å². The molecular weight excluding hydrogens is 408 g/mol. The van der Waals surface area contributed by atoms with Gasteiger partial charge in [0.05, 0.1) is 24.1 Å². The number of carbonyl (C=O) groups excluding carboxylic acids is 2. The second-order valence-corrected chi connectivity index (χ2v) is 7.13. The highest BCUT2D eigenvalue weighted by atomic mass is 16.6. The number of carbonyl (C=O) groups is 2. The number of aryl methyl sites for hydroxylation is 1. The summed E-state index contributed by atoms with van der Waals surface area (Å²) in [6.07, 6.45) is 1.44. The van der Waals surface area contributed by atoms with Gasteiger partial charge in [-0.3, -0.25) is 4.79 Å². The molecule has 2 heterocycles. The third kappa shape index (κ3) is 4.78. The molecule has 0 radical (unpaired) electrons. The summed E-state index contributed by atoms with van der Waals surface area (Å²) in [7, 11) is 0. The average Bonchev–Trinajstić information content (AvgIpc) is 3.33. The van der Waals surface area contributed by atoms with Crippen molar-refractivity contribution in [3.8, 4) is 17.0 Å². The van der Waals surface area contributed by atoms with Crippen LogP contribution in [0, 0.1) is 6.92 Å². The molecule has 1 N–H and O–H groups in total. The second-order valence-electron chi connectivity index (χ2n) is 7.13. The number of benzene rings is 2. The number of aromatic nitrogens is 1. The summed E-state index contributed by atoms with van der Waals surface area (Å²) in [5.41, 5.74) is 3.99. The highest BCUT2D eigenvalue weighted by Crippen LogP contribution is 2.32. The van der Waals surface area contributed by atoms with E-state index >= 15 is 0 Å². The highest BCUT2D eigenvalue weighted by Gasteiger charge is 2.14. The Morgan fingerprint density at radius 1 is 1.06 bits per heavy atom. The van der Waals surface area contributed by atoms with Crippen molar-refractivity contribution in [2.75, 3.05) is 18.5 Å². The van der Waals surface area contributed by atoms with E-state index in [4.69, 9.17) is 18.9 Å². The van der Waals surface area contributed by atoms with Crippen LogP contribution in [-0.4, -0.2) is 30.1 Å². The zero-order chi connectivity index (χ0) is 22.5. The van der Waals surface area contributed by atoms with Crippen LogP contribution in [0.4, 0.5) is 5.69 Å². The fraction of sp³-hybridized carbons (Fsp3) is 0.160. The maximum Gasteiger partial charge on any atom is 0.344 e. The summed E-state index contributed by atoms with van der Waals surface area (Å²) in [5.74, 6) is -0.159. The average molecular weight is 430 g/mol. The molecule has 0 fully saturated rings. The van der Waals surface area contributed by atoms with Gasteiger partial charge < -0.3 is 19.2 Å². The van der Waals surface area contributed by atoms with Crippen LogP contribution in [0.15, 0.2) is 71.3 Å². The molecule has 0 atom stereocenters. The van der Waals surface area contributed by atoms with Gasteiger partial charge in [-0.1, -0.05) is 29.8 Å². The number of hydrogen-bond donors (Lipinski definition) is 1. The molecule has 0 saturated carbocycles. The predicted molar refractivity (Wildman–Crippen MR) is 121 cm³/mol. The summed E-state index contributed by atoms with van der Waals surface area (Å²) in [6, 6.07) is 18.3. The van der Waals surface area contributed by atoms with Gasteiger partial charge in [-0.25, -0.2) is 9.78 Å². The van der Waals surface area contributed by atoms with Gasteiger partial charge in [-0.15, -0.1) is 0 Å². The molecule has 4 aromatic rings. The topological polar surface area (TPSA) is 90.7 Å². The third-order valence-corrected chi connectivity index (χ3v) is 4.77. The van der Waals surface area contributed by atoms with Crippen molar-refractivity contribution < 1.29 is 23.5 Å². The minimum Gasteiger partial charge on any atom is -0.481 e. The van der Waals surface area contributed by atoms with Crippen molar-refractivity contribution >= 4 is 28.5 Å². The molecular formula is C25H22N2O5. The molecule has 0 aliphatic heterocycles. The predicted octanol–water partition coefficient (Wildman–Crippen LogP) is 5.00. The van der Waals surface area contributed by atoms with Crippen molar-refractivity contribution in [1.82, 2.24) is 4.98 Å². The first-order valence-corrected chi connectivity index (χ1v) is 10.2. The summed E-state index contributed by atoms with van der Waals surface area (Å²) in [6.45, 7) is 3.80. The minimum absolute atomic E-state index is 0.205. The van der Waals surface area contributed by atoms with E-state index in [1.165, 1.54) is 6.26 Å². The van der Waals surface area contributed by atoms with Gasteiger partial charge >= 0.3 is 5.97 Å². The van der Waals surface area contributed by atoms with Gasteiger partial charge in [0.25, 0.3) is 5.91 Å². The number of rotatable bonds is 7. The van der Waals surface area contributed by atoms with Crippen LogP contribution >= 0.6 is 0 Å². The van der Waals surface area contributed by atoms with Crippen molar-refractivity contribution in [3.63, 3.8) is 0 Å². The van der Waals surface area contributed by atoms with E-state index in [9.17, 15) is 9.59 Å². The number of hydrogen-bond acceptors (Lipinski definition) is 6. The lowest BCUT2D eigenvalue weighted by atomic mass is 10.1. The quantitative estimate of drug-likeness (QED) is 0.415. The summed E-state index contributed by atoms with van der Waals surface area (Å²) in [5, 5.41) is 3.45. The molecule has 4 rings (SSSR count). The number of nitrogens with zero attached hydrogens (tertiary/aromatic N) is 1. The molecule has 2 aromatic heterocycles. The van der Waals surface area contributed by atoms with E-state index in [-0.39, 0.29) is 24.9 Å². The van der Waals surface area contributed by atoms with Gasteiger partial charge in [0, 0.05) is 22.7 Å². The molecule has 32 heavy (non-hydrogen) atoms. The number of esters is 1. The van der Waals surface area contributed by atoms with Gasteiger partial charge in [-0.2, -0.15) is 0 Å². The lowest BCUT2D eigenvalue weighted by Crippen LogP contribution is -2.15. The smallest absolute Gasteiger partial charge is 0.344 e. The molecule has 1 amide bonds. The van der Waals surface area contributed by atoms with Crippen LogP contribution < -0.4 is 10.1 Å². The van der Waals surface area contributed by atoms with Crippen LogP contribution in [-0.2, 0) is 9.53 Å². The van der Waals surface area contributed by atoms with E-state index in [2.05, 4.69) is 5.32 Å². The molecule has 0 aliphatic carbocycles. The first kappa shape index (κ1) is 21.1. The number of ether oxygens (including phenoxy) is 2. The molecule has 2 aromatic carbocycles. The number of pyridine rings is 1. The minimum atomic E-state index is -0.461. The Bertz CT molecular complexity index is 1250. The highest BCUT2D eigenvalue weighted by molar-refractivity contribution is 6.03. The molecule has 0 unspecified atom stereocenters. The Labute approximate surface area is 185 Å². The number of nitrogens with one attached hydrogen (secondary N) is 1. The molecule has 0 saturated heterocycles. The number of fused-ring (bicyclic) bond motifs is 1. The Hall–Kier alpha value is -4.13. The molecule has 0 bridgehead atoms. The summed E-state index contributed by atoms with van der Waals surface area (Å²) < 4.78 is 15.9.